The molecule has 1 aliphatic heterocycles. The summed E-state index contributed by atoms with van der Waals surface area (Å²) < 4.78 is 0. The van der Waals surface area contributed by atoms with Crippen molar-refractivity contribution >= 4 is 23.7 Å². The fourth-order valence-electron chi connectivity index (χ4n) is 2.62. The molecule has 5 N–H and O–H groups in total. The summed E-state index contributed by atoms with van der Waals surface area (Å²) in [6, 6.07) is -1.70. The maximum atomic E-state index is 12.4. The van der Waals surface area contributed by atoms with Gasteiger partial charge in [0.15, 0.2) is 0 Å². The minimum atomic E-state index is -1.09. The summed E-state index contributed by atoms with van der Waals surface area (Å²) >= 11 is 0. The molecule has 2 unspecified atom stereocenters. The highest BCUT2D eigenvalue weighted by molar-refractivity contribution is 5.92. The van der Waals surface area contributed by atoms with Gasteiger partial charge < -0.3 is 26.4 Å². The lowest BCUT2D eigenvalue weighted by Crippen LogP contribution is -2.54. The molecular weight excluding hydrogens is 316 g/mol. The minimum absolute atomic E-state index is 0.216. The lowest BCUT2D eigenvalue weighted by Gasteiger charge is -2.27. The number of hydrogen-bond acceptors (Lipinski definition) is 5. The van der Waals surface area contributed by atoms with Gasteiger partial charge in [-0.1, -0.05) is 20.3 Å². The highest BCUT2D eigenvalue weighted by Gasteiger charge is 2.36. The van der Waals surface area contributed by atoms with Crippen LogP contribution in [0.5, 0.6) is 0 Å². The number of nitrogens with zero attached hydrogens (tertiary/aromatic N) is 1. The molecule has 0 aromatic rings. The third-order valence-corrected chi connectivity index (χ3v) is 4.27. The van der Waals surface area contributed by atoms with Crippen molar-refractivity contribution in [2.24, 2.45) is 11.7 Å². The zero-order valence-electron chi connectivity index (χ0n) is 14.1. The van der Waals surface area contributed by atoms with Gasteiger partial charge in [-0.05, 0) is 18.8 Å². The van der Waals surface area contributed by atoms with Gasteiger partial charge in [0, 0.05) is 6.54 Å². The van der Waals surface area contributed by atoms with Crippen LogP contribution in [0, 0.1) is 5.92 Å². The molecule has 1 aliphatic rings. The van der Waals surface area contributed by atoms with Crippen molar-refractivity contribution in [1.29, 1.82) is 0 Å². The van der Waals surface area contributed by atoms with Crippen molar-refractivity contribution in [2.45, 2.75) is 45.2 Å². The van der Waals surface area contributed by atoms with E-state index in [1.54, 1.807) is 6.92 Å². The molecule has 0 aliphatic carbocycles. The van der Waals surface area contributed by atoms with E-state index in [2.05, 4.69) is 10.6 Å². The number of amides is 3. The number of carboxylic acid groups (broad SMARTS) is 1. The van der Waals surface area contributed by atoms with Gasteiger partial charge in [-0.15, -0.1) is 0 Å². The summed E-state index contributed by atoms with van der Waals surface area (Å²) in [4.78, 5) is 48.4. The maximum Gasteiger partial charge on any atom is 0.326 e. The van der Waals surface area contributed by atoms with Crippen molar-refractivity contribution < 1.29 is 24.3 Å². The monoisotopic (exact) mass is 342 g/mol. The van der Waals surface area contributed by atoms with Crippen LogP contribution in [0.25, 0.3) is 0 Å². The predicted octanol–water partition coefficient (Wildman–Crippen LogP) is -1.33. The summed E-state index contributed by atoms with van der Waals surface area (Å²) in [6.07, 6.45) is 1.72. The minimum Gasteiger partial charge on any atom is -0.480 e. The quantitative estimate of drug-likeness (QED) is 0.430. The number of nitrogens with one attached hydrogen (secondary N) is 2. The van der Waals surface area contributed by atoms with Gasteiger partial charge in [-0.25, -0.2) is 4.79 Å². The van der Waals surface area contributed by atoms with Crippen molar-refractivity contribution in [1.82, 2.24) is 15.5 Å². The first kappa shape index (κ1) is 19.9. The van der Waals surface area contributed by atoms with Crippen LogP contribution in [0.1, 0.15) is 33.1 Å². The van der Waals surface area contributed by atoms with Gasteiger partial charge in [0.05, 0.1) is 13.1 Å². The Hall–Kier alpha value is -2.16. The van der Waals surface area contributed by atoms with E-state index in [1.807, 2.05) is 6.92 Å². The molecule has 1 rings (SSSR count). The number of nitrogens with two attached hydrogens (primary N) is 1. The SMILES string of the molecule is CCC(C)C(NC(=O)[C@@H]1CCCN1C(=O)CNC(=O)CN)C(=O)O. The smallest absolute Gasteiger partial charge is 0.326 e. The van der Waals surface area contributed by atoms with Crippen molar-refractivity contribution in [3.63, 3.8) is 0 Å². The van der Waals surface area contributed by atoms with Crippen LogP contribution >= 0.6 is 0 Å². The number of carbonyl (C=O) groups excluding carboxylic acids is 3. The Morgan fingerprint density at radius 2 is 2.00 bits per heavy atom. The van der Waals surface area contributed by atoms with Gasteiger partial charge in [0.2, 0.25) is 17.7 Å². The summed E-state index contributed by atoms with van der Waals surface area (Å²) in [5.74, 6) is -2.63. The standard InChI is InChI=1S/C15H26N4O5/c1-3-9(2)13(15(23)24)18-14(22)10-5-4-6-19(10)12(21)8-17-11(20)7-16/h9-10,13H,3-8,16H2,1-2H3,(H,17,20)(H,18,22)(H,23,24)/t9?,10-,13?/m0/s1. The molecule has 0 aromatic heterocycles. The van der Waals surface area contributed by atoms with E-state index in [0.717, 1.165) is 0 Å². The molecular formula is C15H26N4O5. The number of carboxylic acids is 1. The Labute approximate surface area is 140 Å². The summed E-state index contributed by atoms with van der Waals surface area (Å²) in [6.45, 7) is 3.55. The number of rotatable bonds is 8. The highest BCUT2D eigenvalue weighted by Crippen LogP contribution is 2.18. The summed E-state index contributed by atoms with van der Waals surface area (Å²) in [5.41, 5.74) is 5.16. The third kappa shape index (κ3) is 5.19. The Kier molecular flexibility index (Phi) is 7.63. The van der Waals surface area contributed by atoms with E-state index in [-0.39, 0.29) is 24.9 Å². The lowest BCUT2D eigenvalue weighted by atomic mass is 9.99. The van der Waals surface area contributed by atoms with Gasteiger partial charge in [-0.3, -0.25) is 14.4 Å². The molecule has 1 fully saturated rings. The molecule has 9 nitrogen and oxygen atoms in total. The normalized spacial score (nSPS) is 19.5. The van der Waals surface area contributed by atoms with Crippen LogP contribution < -0.4 is 16.4 Å². The van der Waals surface area contributed by atoms with Crippen molar-refractivity contribution in [3.05, 3.63) is 0 Å². The number of likely N-dealkylation sites (tertiary alicyclic amines) is 1. The topological polar surface area (TPSA) is 142 Å². The van der Waals surface area contributed by atoms with Crippen molar-refractivity contribution in [2.75, 3.05) is 19.6 Å². The molecule has 136 valence electrons. The van der Waals surface area contributed by atoms with E-state index < -0.39 is 29.9 Å². The average Bonchev–Trinajstić information content (AvgIpc) is 3.05. The second-order valence-electron chi connectivity index (χ2n) is 5.94. The van der Waals surface area contributed by atoms with Crippen LogP contribution in [0.3, 0.4) is 0 Å². The first-order valence-electron chi connectivity index (χ1n) is 8.11. The predicted molar refractivity (Wildman–Crippen MR) is 85.8 cm³/mol. The molecule has 0 saturated carbocycles. The van der Waals surface area contributed by atoms with E-state index in [0.29, 0.717) is 25.8 Å². The number of carbonyl (C=O) groups is 4. The summed E-state index contributed by atoms with van der Waals surface area (Å²) in [5, 5.41) is 14.2. The van der Waals surface area contributed by atoms with Crippen LogP contribution in [0.2, 0.25) is 0 Å². The zero-order valence-corrected chi connectivity index (χ0v) is 14.1. The zero-order chi connectivity index (χ0) is 18.3. The Morgan fingerprint density at radius 1 is 1.33 bits per heavy atom. The Balaban J connectivity index is 2.69. The van der Waals surface area contributed by atoms with Gasteiger partial charge >= 0.3 is 5.97 Å². The number of aliphatic carboxylic acids is 1. The van der Waals surface area contributed by atoms with E-state index in [1.165, 1.54) is 4.90 Å². The molecule has 0 radical (unpaired) electrons. The number of hydrogen-bond donors (Lipinski definition) is 4. The largest absolute Gasteiger partial charge is 0.480 e. The molecule has 1 heterocycles. The molecule has 0 aromatic carbocycles. The first-order valence-corrected chi connectivity index (χ1v) is 8.11. The maximum absolute atomic E-state index is 12.4. The molecule has 24 heavy (non-hydrogen) atoms. The van der Waals surface area contributed by atoms with Crippen molar-refractivity contribution in [3.8, 4) is 0 Å². The fourth-order valence-corrected chi connectivity index (χ4v) is 2.62. The summed E-state index contributed by atoms with van der Waals surface area (Å²) in [7, 11) is 0. The van der Waals surface area contributed by atoms with Crippen LogP contribution in [-0.2, 0) is 19.2 Å². The second kappa shape index (κ2) is 9.21. The molecule has 1 saturated heterocycles. The second-order valence-corrected chi connectivity index (χ2v) is 5.94. The van der Waals surface area contributed by atoms with Crippen LogP contribution in [0.15, 0.2) is 0 Å². The third-order valence-electron chi connectivity index (χ3n) is 4.27. The Morgan fingerprint density at radius 3 is 2.54 bits per heavy atom. The van der Waals surface area contributed by atoms with Gasteiger partial charge in [0.1, 0.15) is 12.1 Å². The molecule has 3 amide bonds. The average molecular weight is 342 g/mol. The lowest BCUT2D eigenvalue weighted by molar-refractivity contribution is -0.145. The fraction of sp³-hybridized carbons (Fsp3) is 0.733. The van der Waals surface area contributed by atoms with Gasteiger partial charge in [0.25, 0.3) is 0 Å². The molecule has 0 bridgehead atoms. The Bertz CT molecular complexity index is 496. The first-order chi connectivity index (χ1) is 11.3. The van der Waals surface area contributed by atoms with E-state index in [4.69, 9.17) is 5.73 Å². The highest BCUT2D eigenvalue weighted by atomic mass is 16.4. The van der Waals surface area contributed by atoms with Crippen LogP contribution in [0.4, 0.5) is 0 Å². The van der Waals surface area contributed by atoms with Crippen LogP contribution in [-0.4, -0.2) is 65.4 Å². The molecule has 9 heteroatoms. The van der Waals surface area contributed by atoms with E-state index >= 15 is 0 Å². The molecule has 3 atom stereocenters. The molecule has 0 spiro atoms. The van der Waals surface area contributed by atoms with Gasteiger partial charge in [-0.2, -0.15) is 0 Å². The van der Waals surface area contributed by atoms with E-state index in [9.17, 15) is 24.3 Å².